The second-order valence-electron chi connectivity index (χ2n) is 6.26. The summed E-state index contributed by atoms with van der Waals surface area (Å²) in [6, 6.07) is 0. The van der Waals surface area contributed by atoms with Crippen LogP contribution in [-0.4, -0.2) is 25.3 Å². The highest BCUT2D eigenvalue weighted by Gasteiger charge is 2.29. The highest BCUT2D eigenvalue weighted by atomic mass is 31.1. The molecule has 4 nitrogen and oxygen atoms in total. The van der Waals surface area contributed by atoms with Gasteiger partial charge in [0.2, 0.25) is 0 Å². The van der Waals surface area contributed by atoms with E-state index in [2.05, 4.69) is 20.8 Å². The first-order valence-electron chi connectivity index (χ1n) is 9.57. The Balaban J connectivity index is 4.09. The molecule has 0 aromatic carbocycles. The lowest BCUT2D eigenvalue weighted by Crippen LogP contribution is -2.34. The molecule has 1 atom stereocenters. The highest BCUT2D eigenvalue weighted by Crippen LogP contribution is 2.33. The SMILES string of the molecule is CCCCCCCC[PH](=O)OC(C)(OCCCC)OCCCC. The minimum Gasteiger partial charge on any atom is -0.327 e. The zero-order valence-corrected chi connectivity index (χ0v) is 16.8. The largest absolute Gasteiger partial charge is 0.327 e. The average molecular weight is 350 g/mol. The molecule has 0 radical (unpaired) electrons. The summed E-state index contributed by atoms with van der Waals surface area (Å²) in [5.41, 5.74) is 0. The predicted molar refractivity (Wildman–Crippen MR) is 98.5 cm³/mol. The molecule has 0 heterocycles. The minimum atomic E-state index is -2.11. The zero-order valence-electron chi connectivity index (χ0n) is 15.8. The van der Waals surface area contributed by atoms with Crippen molar-refractivity contribution in [3.05, 3.63) is 0 Å². The first-order chi connectivity index (χ1) is 11.1. The van der Waals surface area contributed by atoms with Crippen LogP contribution in [0.1, 0.15) is 91.9 Å². The van der Waals surface area contributed by atoms with Crippen LogP contribution < -0.4 is 0 Å². The fraction of sp³-hybridized carbons (Fsp3) is 1.00. The molecule has 0 spiro atoms. The normalized spacial score (nSPS) is 13.4. The van der Waals surface area contributed by atoms with Crippen LogP contribution in [0.2, 0.25) is 0 Å². The van der Waals surface area contributed by atoms with Crippen molar-refractivity contribution in [3.63, 3.8) is 0 Å². The summed E-state index contributed by atoms with van der Waals surface area (Å²) in [5.74, 6) is -1.15. The molecule has 1 unspecified atom stereocenters. The van der Waals surface area contributed by atoms with E-state index < -0.39 is 14.0 Å². The topological polar surface area (TPSA) is 44.8 Å². The second-order valence-corrected chi connectivity index (χ2v) is 7.71. The van der Waals surface area contributed by atoms with Crippen molar-refractivity contribution >= 4 is 8.03 Å². The maximum absolute atomic E-state index is 12.2. The van der Waals surface area contributed by atoms with Crippen molar-refractivity contribution in [2.75, 3.05) is 19.4 Å². The molecule has 0 N–H and O–H groups in total. The molecule has 0 saturated heterocycles. The van der Waals surface area contributed by atoms with Crippen molar-refractivity contribution in [2.24, 2.45) is 0 Å². The van der Waals surface area contributed by atoms with E-state index >= 15 is 0 Å². The lowest BCUT2D eigenvalue weighted by atomic mass is 10.1. The van der Waals surface area contributed by atoms with Crippen LogP contribution in [0.3, 0.4) is 0 Å². The molecule has 0 amide bonds. The van der Waals surface area contributed by atoms with Crippen LogP contribution in [0.15, 0.2) is 0 Å². The van der Waals surface area contributed by atoms with Crippen molar-refractivity contribution in [3.8, 4) is 0 Å². The number of hydrogen-bond acceptors (Lipinski definition) is 4. The third kappa shape index (κ3) is 14.2. The molecule has 0 aliphatic carbocycles. The Labute approximate surface area is 144 Å². The molecule has 0 aromatic rings. The summed E-state index contributed by atoms with van der Waals surface area (Å²) in [6.07, 6.45) is 11.8. The number of rotatable bonds is 17. The summed E-state index contributed by atoms with van der Waals surface area (Å²) >= 11 is 0. The predicted octanol–water partition coefficient (Wildman–Crippen LogP) is 6.15. The van der Waals surface area contributed by atoms with Crippen molar-refractivity contribution in [1.82, 2.24) is 0 Å². The lowest BCUT2D eigenvalue weighted by molar-refractivity contribution is -0.331. The Kier molecular flexibility index (Phi) is 15.7. The van der Waals surface area contributed by atoms with Crippen molar-refractivity contribution < 1.29 is 18.6 Å². The second kappa shape index (κ2) is 15.6. The van der Waals surface area contributed by atoms with Crippen LogP contribution in [0, 0.1) is 0 Å². The van der Waals surface area contributed by atoms with Gasteiger partial charge in [-0.05, 0) is 19.3 Å². The Hall–Kier alpha value is 0.110. The Morgan fingerprint density at radius 1 is 0.739 bits per heavy atom. The van der Waals surface area contributed by atoms with Crippen LogP contribution in [0.5, 0.6) is 0 Å². The van der Waals surface area contributed by atoms with Crippen LogP contribution >= 0.6 is 8.03 Å². The molecule has 0 aromatic heterocycles. The van der Waals surface area contributed by atoms with Crippen LogP contribution in [0.4, 0.5) is 0 Å². The van der Waals surface area contributed by atoms with E-state index in [4.69, 9.17) is 14.0 Å². The van der Waals surface area contributed by atoms with E-state index in [1.165, 1.54) is 25.7 Å². The fourth-order valence-corrected chi connectivity index (χ4v) is 3.38. The van der Waals surface area contributed by atoms with Gasteiger partial charge >= 0.3 is 0 Å². The van der Waals surface area contributed by atoms with E-state index in [0.29, 0.717) is 19.4 Å². The first kappa shape index (κ1) is 23.1. The maximum atomic E-state index is 12.2. The average Bonchev–Trinajstić information content (AvgIpc) is 2.51. The van der Waals surface area contributed by atoms with Gasteiger partial charge in [0.25, 0.3) is 5.97 Å². The van der Waals surface area contributed by atoms with Gasteiger partial charge in [-0.3, -0.25) is 9.09 Å². The van der Waals surface area contributed by atoms with Gasteiger partial charge in [-0.15, -0.1) is 0 Å². The van der Waals surface area contributed by atoms with E-state index in [-0.39, 0.29) is 0 Å². The number of ether oxygens (including phenoxy) is 2. The monoisotopic (exact) mass is 350 g/mol. The molecular formula is C18H39O4P. The quantitative estimate of drug-likeness (QED) is 0.179. The van der Waals surface area contributed by atoms with Crippen LogP contribution in [0.25, 0.3) is 0 Å². The van der Waals surface area contributed by atoms with E-state index in [1.54, 1.807) is 6.92 Å². The standard InChI is InChI=1S/C18H39O4P/c1-5-8-11-12-13-14-17-23(19)22-18(4,20-15-9-6-2)21-16-10-7-3/h23H,5-17H2,1-4H3. The van der Waals surface area contributed by atoms with Gasteiger partial charge in [-0.2, -0.15) is 0 Å². The Morgan fingerprint density at radius 2 is 1.22 bits per heavy atom. The van der Waals surface area contributed by atoms with E-state index in [9.17, 15) is 4.57 Å². The van der Waals surface area contributed by atoms with Gasteiger partial charge in [0.15, 0.2) is 8.03 Å². The summed E-state index contributed by atoms with van der Waals surface area (Å²) in [6.45, 7) is 9.34. The molecule has 140 valence electrons. The Morgan fingerprint density at radius 3 is 1.74 bits per heavy atom. The number of hydrogen-bond donors (Lipinski definition) is 0. The lowest BCUT2D eigenvalue weighted by Gasteiger charge is -2.29. The molecule has 23 heavy (non-hydrogen) atoms. The smallest absolute Gasteiger partial charge is 0.285 e. The van der Waals surface area contributed by atoms with Gasteiger partial charge in [-0.1, -0.05) is 65.7 Å². The molecule has 5 heteroatoms. The summed E-state index contributed by atoms with van der Waals surface area (Å²) in [5, 5.41) is 0. The molecular weight excluding hydrogens is 311 g/mol. The summed E-state index contributed by atoms with van der Waals surface area (Å²) in [4.78, 5) is 0. The van der Waals surface area contributed by atoms with Crippen molar-refractivity contribution in [2.45, 2.75) is 97.9 Å². The third-order valence-corrected chi connectivity index (χ3v) is 5.12. The van der Waals surface area contributed by atoms with Gasteiger partial charge in [0, 0.05) is 13.1 Å². The van der Waals surface area contributed by atoms with Crippen molar-refractivity contribution in [1.29, 1.82) is 0 Å². The molecule has 0 bridgehead atoms. The van der Waals surface area contributed by atoms with Crippen LogP contribution in [-0.2, 0) is 18.6 Å². The summed E-state index contributed by atoms with van der Waals surface area (Å²) in [7, 11) is -2.11. The van der Waals surface area contributed by atoms with E-state index in [1.807, 2.05) is 0 Å². The van der Waals surface area contributed by atoms with Gasteiger partial charge in [0.1, 0.15) is 0 Å². The maximum Gasteiger partial charge on any atom is 0.285 e. The molecule has 0 saturated carbocycles. The van der Waals surface area contributed by atoms with Gasteiger partial charge < -0.3 is 9.47 Å². The fourth-order valence-electron chi connectivity index (χ4n) is 2.21. The molecule has 0 fully saturated rings. The Bertz CT molecular complexity index is 274. The zero-order chi connectivity index (χ0) is 17.4. The highest BCUT2D eigenvalue weighted by molar-refractivity contribution is 7.39. The van der Waals surface area contributed by atoms with E-state index in [0.717, 1.165) is 38.5 Å². The number of unbranched alkanes of at least 4 members (excludes halogenated alkanes) is 7. The first-order valence-corrected chi connectivity index (χ1v) is 11.1. The van der Waals surface area contributed by atoms with Gasteiger partial charge in [0.05, 0.1) is 13.2 Å². The minimum absolute atomic E-state index is 0.575. The third-order valence-electron chi connectivity index (χ3n) is 3.76. The molecule has 0 aliphatic heterocycles. The molecule has 0 rings (SSSR count). The molecule has 0 aliphatic rings. The van der Waals surface area contributed by atoms with Gasteiger partial charge in [-0.25, -0.2) is 0 Å². The summed E-state index contributed by atoms with van der Waals surface area (Å²) < 4.78 is 29.3.